The van der Waals surface area contributed by atoms with E-state index >= 15 is 0 Å². The van der Waals surface area contributed by atoms with Gasteiger partial charge in [-0.05, 0) is 57.7 Å². The van der Waals surface area contributed by atoms with E-state index in [0.717, 1.165) is 60.6 Å². The number of hydrogen-bond acceptors (Lipinski definition) is 3. The molecule has 0 unspecified atom stereocenters. The van der Waals surface area contributed by atoms with E-state index < -0.39 is 0 Å². The molecule has 0 spiro atoms. The van der Waals surface area contributed by atoms with E-state index in [4.69, 9.17) is 9.97 Å². The first kappa shape index (κ1) is 29.3. The molecule has 9 aromatic rings. The van der Waals surface area contributed by atoms with Crippen molar-refractivity contribution in [2.24, 2.45) is 0 Å². The van der Waals surface area contributed by atoms with Crippen molar-refractivity contribution < 1.29 is 21.1 Å². The summed E-state index contributed by atoms with van der Waals surface area (Å²) in [6, 6.07) is 58.4. The van der Waals surface area contributed by atoms with Gasteiger partial charge in [-0.25, -0.2) is 0 Å². The van der Waals surface area contributed by atoms with Crippen LogP contribution in [0.5, 0.6) is 0 Å². The van der Waals surface area contributed by atoms with Crippen molar-refractivity contribution in [3.05, 3.63) is 164 Å². The van der Waals surface area contributed by atoms with Gasteiger partial charge in [0.2, 0.25) is 0 Å². The van der Waals surface area contributed by atoms with Crippen LogP contribution in [0, 0.1) is 12.1 Å². The van der Waals surface area contributed by atoms with Gasteiger partial charge >= 0.3 is 21.1 Å². The predicted molar refractivity (Wildman–Crippen MR) is 191 cm³/mol. The third kappa shape index (κ3) is 5.20. The van der Waals surface area contributed by atoms with Gasteiger partial charge in [-0.1, -0.05) is 114 Å². The number of nitrogens with zero attached hydrogens (tertiary/aromatic N) is 3. The fraction of sp³-hybridized carbons (Fsp3) is 0. The first-order valence-electron chi connectivity index (χ1n) is 15.3. The van der Waals surface area contributed by atoms with Gasteiger partial charge in [-0.2, -0.15) is 11.3 Å². The van der Waals surface area contributed by atoms with Gasteiger partial charge in [0.25, 0.3) is 0 Å². The molecule has 0 atom stereocenters. The van der Waals surface area contributed by atoms with E-state index in [-0.39, 0.29) is 21.1 Å². The maximum absolute atomic E-state index is 4.93. The first-order valence-corrected chi connectivity index (χ1v) is 16.1. The van der Waals surface area contributed by atoms with Gasteiger partial charge in [0, 0.05) is 21.4 Å². The van der Waals surface area contributed by atoms with Gasteiger partial charge < -0.3 is 9.55 Å². The van der Waals surface area contributed by atoms with E-state index in [9.17, 15) is 0 Å². The van der Waals surface area contributed by atoms with E-state index in [0.29, 0.717) is 0 Å². The van der Waals surface area contributed by atoms with Crippen molar-refractivity contribution in [3.8, 4) is 49.8 Å². The molecule has 0 bridgehead atoms. The predicted octanol–water partition coefficient (Wildman–Crippen LogP) is 11.1. The quantitative estimate of drug-likeness (QED) is 0.162. The molecule has 0 radical (unpaired) electrons. The molecule has 6 aromatic carbocycles. The summed E-state index contributed by atoms with van der Waals surface area (Å²) < 4.78 is 3.45. The second kappa shape index (κ2) is 12.2. The maximum atomic E-state index is 4.93. The number of fused-ring (bicyclic) bond motifs is 4. The SMILES string of the molecule is [Pt+2].[c-]1c(-n2c3[c-]c(-c4nc5ccccc5s4)ccc3c3ccccc32)ccc(-c2ccc(-c3ccccc3)cc2)c1-c1ccccn1. The maximum Gasteiger partial charge on any atom is 2.00 e. The minimum atomic E-state index is 0. The zero-order valence-corrected chi connectivity index (χ0v) is 28.1. The molecule has 0 saturated carbocycles. The molecule has 0 aliphatic heterocycles. The molecular formula is C42H25N3PtS. The van der Waals surface area contributed by atoms with Gasteiger partial charge in [0.15, 0.2) is 0 Å². The number of para-hydroxylation sites is 2. The normalized spacial score (nSPS) is 11.2. The Kier molecular flexibility index (Phi) is 7.61. The molecule has 3 nitrogen and oxygen atoms in total. The van der Waals surface area contributed by atoms with Crippen LogP contribution in [-0.2, 0) is 21.1 Å². The standard InChI is InChI=1S/C42H25N3S.Pt/c1-2-10-28(11-3-1)29-17-19-30(20-18-29)33-24-22-32(27-36(33)37-13-8-9-25-43-37)45-39-15-6-4-12-34(39)35-23-21-31(26-40(35)45)42-44-38-14-5-7-16-41(38)46-42;/h1-25H;/q-2;+2. The van der Waals surface area contributed by atoms with Crippen LogP contribution in [0.25, 0.3) is 81.8 Å². The van der Waals surface area contributed by atoms with Crippen LogP contribution < -0.4 is 0 Å². The second-order valence-electron chi connectivity index (χ2n) is 11.3. The summed E-state index contributed by atoms with van der Waals surface area (Å²) in [4.78, 5) is 9.70. The number of benzene rings is 6. The van der Waals surface area contributed by atoms with Gasteiger partial charge in [-0.15, -0.1) is 47.5 Å². The van der Waals surface area contributed by atoms with Gasteiger partial charge in [-0.3, -0.25) is 4.98 Å². The molecule has 0 aliphatic rings. The summed E-state index contributed by atoms with van der Waals surface area (Å²) in [5.41, 5.74) is 11.5. The Morgan fingerprint density at radius 2 is 1.32 bits per heavy atom. The fourth-order valence-corrected chi connectivity index (χ4v) is 7.24. The van der Waals surface area contributed by atoms with Crippen LogP contribution >= 0.6 is 11.3 Å². The zero-order chi connectivity index (χ0) is 30.5. The Morgan fingerprint density at radius 3 is 2.15 bits per heavy atom. The van der Waals surface area contributed by atoms with E-state index in [1.54, 1.807) is 11.3 Å². The molecule has 9 rings (SSSR count). The number of pyridine rings is 1. The third-order valence-corrected chi connectivity index (χ3v) is 9.57. The Bertz CT molecular complexity index is 2480. The van der Waals surface area contributed by atoms with Crippen LogP contribution in [0.4, 0.5) is 0 Å². The average Bonchev–Trinajstić information content (AvgIpc) is 3.72. The van der Waals surface area contributed by atoms with Crippen molar-refractivity contribution in [3.63, 3.8) is 0 Å². The fourth-order valence-electron chi connectivity index (χ4n) is 6.29. The summed E-state index contributed by atoms with van der Waals surface area (Å²) in [6.45, 7) is 0. The minimum absolute atomic E-state index is 0. The molecule has 224 valence electrons. The number of rotatable bonds is 5. The van der Waals surface area contributed by atoms with Crippen molar-refractivity contribution >= 4 is 43.4 Å². The van der Waals surface area contributed by atoms with Crippen LogP contribution in [0.2, 0.25) is 0 Å². The van der Waals surface area contributed by atoms with E-state index in [1.807, 2.05) is 30.5 Å². The van der Waals surface area contributed by atoms with Crippen LogP contribution in [0.15, 0.2) is 152 Å². The second-order valence-corrected chi connectivity index (χ2v) is 12.3. The zero-order valence-electron chi connectivity index (χ0n) is 25.0. The molecule has 0 aliphatic carbocycles. The van der Waals surface area contributed by atoms with Crippen molar-refractivity contribution in [2.45, 2.75) is 0 Å². The first-order chi connectivity index (χ1) is 22.8. The Hall–Kier alpha value is -5.15. The summed E-state index contributed by atoms with van der Waals surface area (Å²) in [5, 5.41) is 3.29. The molecule has 3 aromatic heterocycles. The molecule has 0 saturated heterocycles. The summed E-state index contributed by atoms with van der Waals surface area (Å²) in [7, 11) is 0. The van der Waals surface area contributed by atoms with Crippen LogP contribution in [0.1, 0.15) is 0 Å². The van der Waals surface area contributed by atoms with E-state index in [2.05, 4.69) is 138 Å². The molecule has 0 N–H and O–H groups in total. The third-order valence-electron chi connectivity index (χ3n) is 8.50. The average molecular weight is 799 g/mol. The van der Waals surface area contributed by atoms with E-state index in [1.165, 1.54) is 21.2 Å². The number of thiazole rings is 1. The smallest absolute Gasteiger partial charge is 0.346 e. The Labute approximate surface area is 291 Å². The molecule has 47 heavy (non-hydrogen) atoms. The minimum Gasteiger partial charge on any atom is -0.346 e. The molecule has 3 heterocycles. The summed E-state index contributed by atoms with van der Waals surface area (Å²) >= 11 is 1.70. The van der Waals surface area contributed by atoms with Crippen LogP contribution in [-0.4, -0.2) is 14.5 Å². The van der Waals surface area contributed by atoms with Crippen molar-refractivity contribution in [1.82, 2.24) is 14.5 Å². The van der Waals surface area contributed by atoms with Crippen LogP contribution in [0.3, 0.4) is 0 Å². The molecular weight excluding hydrogens is 774 g/mol. The molecule has 0 fully saturated rings. The largest absolute Gasteiger partial charge is 2.00 e. The summed E-state index contributed by atoms with van der Waals surface area (Å²) in [5.74, 6) is 0. The summed E-state index contributed by atoms with van der Waals surface area (Å²) in [6.07, 6.45) is 1.84. The Morgan fingerprint density at radius 1 is 0.574 bits per heavy atom. The topological polar surface area (TPSA) is 30.7 Å². The number of hydrogen-bond donors (Lipinski definition) is 0. The van der Waals surface area contributed by atoms with Gasteiger partial charge in [0.1, 0.15) is 0 Å². The van der Waals surface area contributed by atoms with Crippen molar-refractivity contribution in [2.75, 3.05) is 0 Å². The van der Waals surface area contributed by atoms with Crippen molar-refractivity contribution in [1.29, 1.82) is 0 Å². The van der Waals surface area contributed by atoms with Gasteiger partial charge in [0.05, 0.1) is 5.52 Å². The Balaban J connectivity index is 0.00000324. The number of aromatic nitrogens is 3. The monoisotopic (exact) mass is 798 g/mol. The molecule has 0 amide bonds. The molecule has 5 heteroatoms.